The van der Waals surface area contributed by atoms with E-state index in [9.17, 15) is 13.5 Å². The summed E-state index contributed by atoms with van der Waals surface area (Å²) in [5, 5.41) is 13.8. The molecule has 0 radical (unpaired) electrons. The molecule has 208 valence electrons. The van der Waals surface area contributed by atoms with Gasteiger partial charge in [-0.15, -0.1) is 5.10 Å². The summed E-state index contributed by atoms with van der Waals surface area (Å²) >= 11 is 0. The molecule has 2 aromatic carbocycles. The lowest BCUT2D eigenvalue weighted by atomic mass is 9.87. The van der Waals surface area contributed by atoms with Crippen molar-refractivity contribution in [1.29, 1.82) is 0 Å². The summed E-state index contributed by atoms with van der Waals surface area (Å²) in [7, 11) is 0.531. The molecule has 1 heterocycles. The highest BCUT2D eigenvalue weighted by Gasteiger charge is 2.33. The van der Waals surface area contributed by atoms with Gasteiger partial charge in [0.25, 0.3) is 10.0 Å². The molecule has 0 saturated carbocycles. The minimum atomic E-state index is -4.13. The molecular formula is C27H37N3O7S. The number of sulfonamides is 1. The molecule has 0 aliphatic carbocycles. The van der Waals surface area contributed by atoms with Crippen LogP contribution in [0, 0.1) is 0 Å². The van der Waals surface area contributed by atoms with E-state index in [1.165, 1.54) is 11.8 Å². The van der Waals surface area contributed by atoms with Crippen LogP contribution in [0.3, 0.4) is 0 Å². The molecule has 0 aliphatic rings. The zero-order valence-electron chi connectivity index (χ0n) is 23.0. The van der Waals surface area contributed by atoms with Gasteiger partial charge in [0.1, 0.15) is 19.1 Å². The van der Waals surface area contributed by atoms with Crippen LogP contribution in [0.5, 0.6) is 11.6 Å². The normalized spacial score (nSPS) is 12.8. The Bertz CT molecular complexity index is 1300. The highest BCUT2D eigenvalue weighted by Crippen LogP contribution is 2.41. The third-order valence-corrected chi connectivity index (χ3v) is 7.72. The first kappa shape index (κ1) is 29.4. The number of aryl methyl sites for hydroxylation is 1. The van der Waals surface area contributed by atoms with E-state index in [1.807, 2.05) is 12.1 Å². The van der Waals surface area contributed by atoms with E-state index >= 15 is 0 Å². The predicted octanol–water partition coefficient (Wildman–Crippen LogP) is 3.93. The molecule has 1 aromatic heterocycles. The predicted molar refractivity (Wildman–Crippen MR) is 145 cm³/mol. The second kappa shape index (κ2) is 12.2. The maximum atomic E-state index is 14.1. The van der Waals surface area contributed by atoms with Crippen molar-refractivity contribution in [3.63, 3.8) is 0 Å². The Hall–Kier alpha value is -3.12. The van der Waals surface area contributed by atoms with Crippen LogP contribution in [-0.4, -0.2) is 63.8 Å². The molecule has 1 unspecified atom stereocenters. The molecule has 0 fully saturated rings. The number of hydrogen-bond acceptors (Lipinski definition) is 8. The molecule has 1 atom stereocenters. The Kier molecular flexibility index (Phi) is 9.42. The van der Waals surface area contributed by atoms with Crippen molar-refractivity contribution in [1.82, 2.24) is 9.78 Å². The van der Waals surface area contributed by atoms with Gasteiger partial charge in [-0.3, -0.25) is 0 Å². The van der Waals surface area contributed by atoms with Gasteiger partial charge in [0.15, 0.2) is 12.1 Å². The van der Waals surface area contributed by atoms with Crippen molar-refractivity contribution >= 4 is 15.8 Å². The minimum Gasteiger partial charge on any atom is -0.497 e. The number of hydrogen-bond donors (Lipinski definition) is 1. The van der Waals surface area contributed by atoms with Crippen LogP contribution in [0.25, 0.3) is 11.1 Å². The van der Waals surface area contributed by atoms with Crippen LogP contribution in [0.1, 0.15) is 33.3 Å². The fourth-order valence-corrected chi connectivity index (χ4v) is 5.14. The summed E-state index contributed by atoms with van der Waals surface area (Å²) in [4.78, 5) is 0.0962. The number of anilines is 1. The summed E-state index contributed by atoms with van der Waals surface area (Å²) in [5.74, 6) is 1.04. The standard InChI is InChI=1S/C27H37N3O7S/c1-19(34-6)37-18-30(38(32,33)23-14-10-21(11-15-23)27(2,3)4)26-24(20-8-12-22(35-7)13-9-20)25(28-29(26)5)36-17-16-31/h8-15,19,31H,16-18H2,1-7H3. The van der Waals surface area contributed by atoms with Crippen molar-refractivity contribution < 1.29 is 32.5 Å². The summed E-state index contributed by atoms with van der Waals surface area (Å²) < 4.78 is 52.8. The summed E-state index contributed by atoms with van der Waals surface area (Å²) in [6.45, 7) is 7.27. The molecule has 1 N–H and O–H groups in total. The Morgan fingerprint density at radius 3 is 2.21 bits per heavy atom. The van der Waals surface area contributed by atoms with Gasteiger partial charge < -0.3 is 24.1 Å². The third kappa shape index (κ3) is 6.47. The number of rotatable bonds is 12. The van der Waals surface area contributed by atoms with Crippen molar-refractivity contribution in [2.75, 3.05) is 38.5 Å². The van der Waals surface area contributed by atoms with Gasteiger partial charge in [-0.2, -0.15) is 0 Å². The molecule has 0 saturated heterocycles. The largest absolute Gasteiger partial charge is 0.497 e. The lowest BCUT2D eigenvalue weighted by Crippen LogP contribution is -2.36. The highest BCUT2D eigenvalue weighted by molar-refractivity contribution is 7.92. The van der Waals surface area contributed by atoms with E-state index in [2.05, 4.69) is 25.9 Å². The Morgan fingerprint density at radius 2 is 1.68 bits per heavy atom. The van der Waals surface area contributed by atoms with E-state index in [1.54, 1.807) is 57.5 Å². The lowest BCUT2D eigenvalue weighted by Gasteiger charge is -2.27. The van der Waals surface area contributed by atoms with Crippen LogP contribution >= 0.6 is 0 Å². The Morgan fingerprint density at radius 1 is 1.05 bits per heavy atom. The monoisotopic (exact) mass is 547 g/mol. The van der Waals surface area contributed by atoms with Crippen molar-refractivity contribution in [2.24, 2.45) is 7.05 Å². The van der Waals surface area contributed by atoms with E-state index in [0.29, 0.717) is 16.9 Å². The molecule has 0 spiro atoms. The minimum absolute atomic E-state index is 0.0160. The van der Waals surface area contributed by atoms with Crippen LogP contribution in [0.2, 0.25) is 0 Å². The van der Waals surface area contributed by atoms with Gasteiger partial charge in [-0.1, -0.05) is 45.0 Å². The van der Waals surface area contributed by atoms with Gasteiger partial charge in [-0.05, 0) is 47.7 Å². The summed E-state index contributed by atoms with van der Waals surface area (Å²) in [6.07, 6.45) is -0.668. The molecule has 10 nitrogen and oxygen atoms in total. The molecule has 38 heavy (non-hydrogen) atoms. The average molecular weight is 548 g/mol. The first-order valence-electron chi connectivity index (χ1n) is 12.2. The number of nitrogens with zero attached hydrogens (tertiary/aromatic N) is 3. The van der Waals surface area contributed by atoms with Gasteiger partial charge in [0.2, 0.25) is 5.88 Å². The van der Waals surface area contributed by atoms with E-state index < -0.39 is 16.3 Å². The van der Waals surface area contributed by atoms with Gasteiger partial charge in [0, 0.05) is 14.2 Å². The molecule has 3 rings (SSSR count). The van der Waals surface area contributed by atoms with Crippen molar-refractivity contribution in [3.05, 3.63) is 54.1 Å². The SMILES string of the molecule is COc1ccc(-c2c(OCCO)nn(C)c2N(COC(C)OC)S(=O)(=O)c2ccc(C(C)(C)C)cc2)cc1. The quantitative estimate of drug-likeness (QED) is 0.340. The topological polar surface area (TPSA) is 112 Å². The first-order valence-corrected chi connectivity index (χ1v) is 13.6. The zero-order valence-corrected chi connectivity index (χ0v) is 23.8. The number of aliphatic hydroxyl groups is 1. The third-order valence-electron chi connectivity index (χ3n) is 6.00. The van der Waals surface area contributed by atoms with Crippen LogP contribution in [0.15, 0.2) is 53.4 Å². The van der Waals surface area contributed by atoms with E-state index in [-0.39, 0.29) is 42.0 Å². The van der Waals surface area contributed by atoms with E-state index in [4.69, 9.17) is 18.9 Å². The molecular weight excluding hydrogens is 510 g/mol. The molecule has 3 aromatic rings. The molecule has 0 amide bonds. The second-order valence-corrected chi connectivity index (χ2v) is 11.5. The van der Waals surface area contributed by atoms with Crippen LogP contribution < -0.4 is 13.8 Å². The second-order valence-electron chi connectivity index (χ2n) is 9.65. The lowest BCUT2D eigenvalue weighted by molar-refractivity contribution is -0.107. The number of aromatic nitrogens is 2. The first-order chi connectivity index (χ1) is 17.9. The van der Waals surface area contributed by atoms with Crippen LogP contribution in [-0.2, 0) is 32.0 Å². The van der Waals surface area contributed by atoms with Crippen molar-refractivity contribution in [2.45, 2.75) is 44.3 Å². The maximum Gasteiger partial charge on any atom is 0.267 e. The Balaban J connectivity index is 2.21. The van der Waals surface area contributed by atoms with Gasteiger partial charge in [-0.25, -0.2) is 17.4 Å². The fraction of sp³-hybridized carbons (Fsp3) is 0.444. The number of methoxy groups -OCH3 is 2. The summed E-state index contributed by atoms with van der Waals surface area (Å²) in [6, 6.07) is 13.9. The van der Waals surface area contributed by atoms with Crippen LogP contribution in [0.4, 0.5) is 5.82 Å². The number of ether oxygens (including phenoxy) is 4. The van der Waals surface area contributed by atoms with Crippen molar-refractivity contribution in [3.8, 4) is 22.8 Å². The number of benzene rings is 2. The zero-order chi connectivity index (χ0) is 28.1. The molecule has 0 aliphatic heterocycles. The molecule has 0 bridgehead atoms. The molecule has 11 heteroatoms. The maximum absolute atomic E-state index is 14.1. The highest BCUT2D eigenvalue weighted by atomic mass is 32.2. The Labute approximate surface area is 224 Å². The van der Waals surface area contributed by atoms with Gasteiger partial charge in [0.05, 0.1) is 24.2 Å². The van der Waals surface area contributed by atoms with Gasteiger partial charge >= 0.3 is 0 Å². The smallest absolute Gasteiger partial charge is 0.267 e. The summed E-state index contributed by atoms with van der Waals surface area (Å²) in [5.41, 5.74) is 1.94. The fourth-order valence-electron chi connectivity index (χ4n) is 3.77. The average Bonchev–Trinajstić information content (AvgIpc) is 3.22. The van der Waals surface area contributed by atoms with E-state index in [0.717, 1.165) is 9.87 Å². The number of aliphatic hydroxyl groups excluding tert-OH is 1.